The maximum atomic E-state index is 12.4. The SMILES string of the molecule is CCSc1nnc(NC(=O)C(CC)Sc2ccc(Cl)cc2)s1. The van der Waals surface area contributed by atoms with E-state index in [0.29, 0.717) is 10.2 Å². The van der Waals surface area contributed by atoms with E-state index in [9.17, 15) is 4.79 Å². The molecule has 1 aromatic carbocycles. The number of benzene rings is 1. The number of anilines is 1. The van der Waals surface area contributed by atoms with Crippen LogP contribution in [-0.2, 0) is 4.79 Å². The smallest absolute Gasteiger partial charge is 0.239 e. The van der Waals surface area contributed by atoms with Crippen molar-refractivity contribution < 1.29 is 4.79 Å². The Bertz CT molecular complexity index is 618. The van der Waals surface area contributed by atoms with Crippen LogP contribution in [-0.4, -0.2) is 27.1 Å². The average molecular weight is 374 g/mol. The van der Waals surface area contributed by atoms with E-state index in [0.717, 1.165) is 21.4 Å². The molecule has 0 spiro atoms. The first-order chi connectivity index (χ1) is 10.6. The number of hydrogen-bond donors (Lipinski definition) is 1. The van der Waals surface area contributed by atoms with Crippen molar-refractivity contribution in [3.63, 3.8) is 0 Å². The fourth-order valence-corrected chi connectivity index (χ4v) is 4.36. The fraction of sp³-hybridized carbons (Fsp3) is 0.357. The minimum Gasteiger partial charge on any atom is -0.300 e. The molecule has 0 bridgehead atoms. The molecule has 1 atom stereocenters. The highest BCUT2D eigenvalue weighted by Gasteiger charge is 2.19. The van der Waals surface area contributed by atoms with Gasteiger partial charge in [-0.2, -0.15) is 0 Å². The Morgan fingerprint density at radius 2 is 2.05 bits per heavy atom. The number of amides is 1. The van der Waals surface area contributed by atoms with Gasteiger partial charge < -0.3 is 0 Å². The minimum atomic E-state index is -0.174. The Hall–Kier alpha value is -0.760. The maximum Gasteiger partial charge on any atom is 0.239 e. The summed E-state index contributed by atoms with van der Waals surface area (Å²) in [6.07, 6.45) is 0.731. The number of nitrogens with zero attached hydrogens (tertiary/aromatic N) is 2. The van der Waals surface area contributed by atoms with Gasteiger partial charge in [0.15, 0.2) is 4.34 Å². The summed E-state index contributed by atoms with van der Waals surface area (Å²) >= 11 is 10.4. The lowest BCUT2D eigenvalue weighted by atomic mass is 10.3. The van der Waals surface area contributed by atoms with E-state index in [2.05, 4.69) is 22.4 Å². The van der Waals surface area contributed by atoms with Crippen molar-refractivity contribution in [2.24, 2.45) is 0 Å². The van der Waals surface area contributed by atoms with Crippen LogP contribution in [0, 0.1) is 0 Å². The third kappa shape index (κ3) is 5.15. The highest BCUT2D eigenvalue weighted by Crippen LogP contribution is 2.29. The maximum absolute atomic E-state index is 12.4. The number of thioether (sulfide) groups is 2. The molecule has 4 nitrogen and oxygen atoms in total. The predicted molar refractivity (Wildman–Crippen MR) is 96.3 cm³/mol. The van der Waals surface area contributed by atoms with Crippen LogP contribution < -0.4 is 5.32 Å². The molecule has 1 unspecified atom stereocenters. The van der Waals surface area contributed by atoms with Crippen molar-refractivity contribution in [1.82, 2.24) is 10.2 Å². The molecule has 0 aliphatic heterocycles. The molecule has 22 heavy (non-hydrogen) atoms. The molecular weight excluding hydrogens is 358 g/mol. The monoisotopic (exact) mass is 373 g/mol. The summed E-state index contributed by atoms with van der Waals surface area (Å²) in [7, 11) is 0. The highest BCUT2D eigenvalue weighted by atomic mass is 35.5. The normalized spacial score (nSPS) is 12.1. The quantitative estimate of drug-likeness (QED) is 0.557. The molecule has 0 aliphatic rings. The molecule has 0 fully saturated rings. The first-order valence-corrected chi connectivity index (χ1v) is 9.87. The zero-order valence-corrected chi connectivity index (χ0v) is 15.4. The third-order valence-corrected chi connectivity index (χ3v) is 6.14. The first-order valence-electron chi connectivity index (χ1n) is 6.81. The van der Waals surface area contributed by atoms with E-state index in [1.165, 1.54) is 23.1 Å². The Morgan fingerprint density at radius 3 is 2.68 bits per heavy atom. The van der Waals surface area contributed by atoms with Gasteiger partial charge in [0.1, 0.15) is 0 Å². The van der Waals surface area contributed by atoms with Crippen LogP contribution in [0.3, 0.4) is 0 Å². The van der Waals surface area contributed by atoms with Crippen LogP contribution >= 0.6 is 46.5 Å². The van der Waals surface area contributed by atoms with E-state index in [1.54, 1.807) is 11.8 Å². The Balaban J connectivity index is 1.97. The number of hydrogen-bond acceptors (Lipinski definition) is 6. The van der Waals surface area contributed by atoms with Gasteiger partial charge in [-0.1, -0.05) is 48.5 Å². The number of rotatable bonds is 7. The Kier molecular flexibility index (Phi) is 7.01. The lowest BCUT2D eigenvalue weighted by Gasteiger charge is -2.13. The summed E-state index contributed by atoms with van der Waals surface area (Å²) in [5, 5.41) is 12.0. The van der Waals surface area contributed by atoms with Crippen molar-refractivity contribution in [2.45, 2.75) is 34.8 Å². The van der Waals surface area contributed by atoms with Crippen molar-refractivity contribution in [2.75, 3.05) is 11.1 Å². The van der Waals surface area contributed by atoms with Crippen LogP contribution in [0.4, 0.5) is 5.13 Å². The summed E-state index contributed by atoms with van der Waals surface area (Å²) in [4.78, 5) is 13.4. The molecule has 1 amide bonds. The second kappa shape index (κ2) is 8.76. The van der Waals surface area contributed by atoms with Gasteiger partial charge in [-0.15, -0.1) is 22.0 Å². The molecule has 0 radical (unpaired) electrons. The third-order valence-electron chi connectivity index (χ3n) is 2.66. The van der Waals surface area contributed by atoms with E-state index in [4.69, 9.17) is 11.6 Å². The molecule has 8 heteroatoms. The summed E-state index contributed by atoms with van der Waals surface area (Å²) in [5.74, 6) is 0.888. The van der Waals surface area contributed by atoms with Crippen molar-refractivity contribution in [1.29, 1.82) is 0 Å². The predicted octanol–water partition coefficient (Wildman–Crippen LogP) is 4.81. The molecule has 118 valence electrons. The molecule has 1 aromatic heterocycles. The standard InChI is InChI=1S/C14H16ClN3OS3/c1-3-11(21-10-7-5-9(15)6-8-10)12(19)16-13-17-18-14(22-13)20-4-2/h5-8,11H,3-4H2,1-2H3,(H,16,17,19). The van der Waals surface area contributed by atoms with E-state index >= 15 is 0 Å². The Morgan fingerprint density at radius 1 is 1.32 bits per heavy atom. The second-order valence-corrected chi connectivity index (χ2v) is 8.47. The van der Waals surface area contributed by atoms with Gasteiger partial charge >= 0.3 is 0 Å². The molecule has 2 rings (SSSR count). The van der Waals surface area contributed by atoms with E-state index in [-0.39, 0.29) is 11.2 Å². The molecule has 1 N–H and O–H groups in total. The number of nitrogens with one attached hydrogen (secondary N) is 1. The Labute approximate surface area is 147 Å². The van der Waals surface area contributed by atoms with Crippen LogP contribution in [0.5, 0.6) is 0 Å². The number of carbonyl (C=O) groups excluding carboxylic acids is 1. The topological polar surface area (TPSA) is 54.9 Å². The summed E-state index contributed by atoms with van der Waals surface area (Å²) in [6, 6.07) is 7.49. The van der Waals surface area contributed by atoms with Crippen LogP contribution in [0.2, 0.25) is 5.02 Å². The summed E-state index contributed by atoms with van der Waals surface area (Å²) < 4.78 is 0.871. The van der Waals surface area contributed by atoms with Gasteiger partial charge in [0.2, 0.25) is 11.0 Å². The largest absolute Gasteiger partial charge is 0.300 e. The molecule has 1 heterocycles. The van der Waals surface area contributed by atoms with E-state index in [1.807, 2.05) is 31.2 Å². The number of carbonyl (C=O) groups is 1. The molecule has 0 aliphatic carbocycles. The van der Waals surface area contributed by atoms with Crippen LogP contribution in [0.15, 0.2) is 33.5 Å². The summed E-state index contributed by atoms with van der Waals surface area (Å²) in [6.45, 7) is 4.05. The average Bonchev–Trinajstić information content (AvgIpc) is 2.94. The second-order valence-electron chi connectivity index (χ2n) is 4.26. The fourth-order valence-electron chi connectivity index (χ4n) is 1.63. The number of aromatic nitrogens is 2. The minimum absolute atomic E-state index is 0.0494. The van der Waals surface area contributed by atoms with Gasteiger partial charge in [0.05, 0.1) is 5.25 Å². The zero-order chi connectivity index (χ0) is 15.9. The van der Waals surface area contributed by atoms with Gasteiger partial charge in [-0.05, 0) is 36.4 Å². The molecular formula is C14H16ClN3OS3. The number of halogens is 1. The van der Waals surface area contributed by atoms with Crippen molar-refractivity contribution >= 4 is 57.5 Å². The zero-order valence-electron chi connectivity index (χ0n) is 12.2. The summed E-state index contributed by atoms with van der Waals surface area (Å²) in [5.41, 5.74) is 0. The van der Waals surface area contributed by atoms with Crippen molar-refractivity contribution in [3.8, 4) is 0 Å². The van der Waals surface area contributed by atoms with E-state index < -0.39 is 0 Å². The van der Waals surface area contributed by atoms with Crippen LogP contribution in [0.25, 0.3) is 0 Å². The van der Waals surface area contributed by atoms with Gasteiger partial charge in [0.25, 0.3) is 0 Å². The lowest BCUT2D eigenvalue weighted by molar-refractivity contribution is -0.115. The highest BCUT2D eigenvalue weighted by molar-refractivity contribution is 8.01. The van der Waals surface area contributed by atoms with Gasteiger partial charge in [0, 0.05) is 9.92 Å². The van der Waals surface area contributed by atoms with Crippen molar-refractivity contribution in [3.05, 3.63) is 29.3 Å². The lowest BCUT2D eigenvalue weighted by Crippen LogP contribution is -2.24. The first kappa shape index (κ1) is 17.6. The van der Waals surface area contributed by atoms with Gasteiger partial charge in [-0.25, -0.2) is 0 Å². The molecule has 2 aromatic rings. The molecule has 0 saturated carbocycles. The molecule has 0 saturated heterocycles. The van der Waals surface area contributed by atoms with Crippen LogP contribution in [0.1, 0.15) is 20.3 Å². The van der Waals surface area contributed by atoms with Gasteiger partial charge in [-0.3, -0.25) is 10.1 Å².